The summed E-state index contributed by atoms with van der Waals surface area (Å²) in [6.07, 6.45) is 0.656. The lowest BCUT2D eigenvalue weighted by Gasteiger charge is -2.26. The molecular weight excluding hydrogens is 334 g/mol. The van der Waals surface area contributed by atoms with Gasteiger partial charge in [-0.3, -0.25) is 9.69 Å². The Kier molecular flexibility index (Phi) is 5.19. The van der Waals surface area contributed by atoms with E-state index in [1.54, 1.807) is 0 Å². The van der Waals surface area contributed by atoms with Crippen LogP contribution in [0.15, 0.2) is 36.4 Å². The van der Waals surface area contributed by atoms with Gasteiger partial charge in [-0.25, -0.2) is 0 Å². The predicted molar refractivity (Wildman–Crippen MR) is 103 cm³/mol. The van der Waals surface area contributed by atoms with E-state index in [2.05, 4.69) is 43.9 Å². The van der Waals surface area contributed by atoms with Crippen LogP contribution in [0.5, 0.6) is 0 Å². The number of carbonyl (C=O) groups is 1. The fraction of sp³-hybridized carbons (Fsp3) is 0.476. The fourth-order valence-electron chi connectivity index (χ4n) is 3.63. The highest BCUT2D eigenvalue weighted by molar-refractivity contribution is 6.31. The molecule has 1 heterocycles. The first-order chi connectivity index (χ1) is 11.7. The van der Waals surface area contributed by atoms with Crippen LogP contribution < -0.4 is 0 Å². The smallest absolute Gasteiger partial charge is 0.150 e. The Labute approximate surface area is 154 Å². The third-order valence-electron chi connectivity index (χ3n) is 4.71. The molecule has 0 radical (unpaired) electrons. The molecule has 25 heavy (non-hydrogen) atoms. The third kappa shape index (κ3) is 4.60. The topological polar surface area (TPSA) is 40.5 Å². The van der Waals surface area contributed by atoms with Crippen LogP contribution in [0.3, 0.4) is 0 Å². The van der Waals surface area contributed by atoms with Crippen molar-refractivity contribution in [1.82, 2.24) is 4.90 Å². The van der Waals surface area contributed by atoms with Gasteiger partial charge in [0.15, 0.2) is 5.78 Å². The summed E-state index contributed by atoms with van der Waals surface area (Å²) < 4.78 is 0. The van der Waals surface area contributed by atoms with Gasteiger partial charge >= 0.3 is 0 Å². The molecule has 0 aliphatic carbocycles. The zero-order valence-corrected chi connectivity index (χ0v) is 15.9. The number of ketones is 1. The molecule has 2 unspecified atom stereocenters. The number of β-amino-alcohol motifs (C(OH)–C–C–N with tert-alkyl or cyclic N) is 1. The second-order valence-corrected chi connectivity index (χ2v) is 8.80. The van der Waals surface area contributed by atoms with Crippen molar-refractivity contribution < 1.29 is 9.90 Å². The van der Waals surface area contributed by atoms with Crippen LogP contribution in [0.25, 0.3) is 10.8 Å². The highest BCUT2D eigenvalue weighted by atomic mass is 35.5. The van der Waals surface area contributed by atoms with Crippen LogP contribution in [0.1, 0.15) is 39.2 Å². The second kappa shape index (κ2) is 7.06. The number of aliphatic hydroxyl groups excluding tert-OH is 1. The number of aliphatic hydroxyl groups is 1. The SMILES string of the molecule is CC(C)(C)CC(=O)C1CC(O)CN1Cc1ccc2cc(Cl)ccc2c1. The number of likely N-dealkylation sites (tertiary alicyclic amines) is 1. The quantitative estimate of drug-likeness (QED) is 0.877. The maximum atomic E-state index is 12.7. The fourth-order valence-corrected chi connectivity index (χ4v) is 3.81. The number of Topliss-reactive ketones (excluding diaryl/α,β-unsaturated/α-hetero) is 1. The molecule has 0 bridgehead atoms. The first-order valence-corrected chi connectivity index (χ1v) is 9.22. The first-order valence-electron chi connectivity index (χ1n) is 8.84. The van der Waals surface area contributed by atoms with E-state index in [1.807, 2.05) is 18.2 Å². The molecule has 134 valence electrons. The summed E-state index contributed by atoms with van der Waals surface area (Å²) in [6.45, 7) is 7.47. The van der Waals surface area contributed by atoms with Crippen molar-refractivity contribution in [3.05, 3.63) is 47.0 Å². The van der Waals surface area contributed by atoms with E-state index >= 15 is 0 Å². The Morgan fingerprint density at radius 2 is 1.88 bits per heavy atom. The molecule has 3 nitrogen and oxygen atoms in total. The van der Waals surface area contributed by atoms with E-state index < -0.39 is 6.10 Å². The van der Waals surface area contributed by atoms with Crippen LogP contribution in [-0.2, 0) is 11.3 Å². The Morgan fingerprint density at radius 1 is 1.20 bits per heavy atom. The summed E-state index contributed by atoms with van der Waals surface area (Å²) in [5.74, 6) is 0.233. The molecule has 0 aromatic heterocycles. The molecule has 2 aromatic rings. The monoisotopic (exact) mass is 359 g/mol. The van der Waals surface area contributed by atoms with E-state index in [4.69, 9.17) is 11.6 Å². The van der Waals surface area contributed by atoms with Crippen molar-refractivity contribution >= 4 is 28.2 Å². The summed E-state index contributed by atoms with van der Waals surface area (Å²) in [6, 6.07) is 12.0. The second-order valence-electron chi connectivity index (χ2n) is 8.36. The normalized spacial score (nSPS) is 21.8. The summed E-state index contributed by atoms with van der Waals surface area (Å²) in [7, 11) is 0. The molecule has 1 aliphatic heterocycles. The number of benzene rings is 2. The first kappa shape index (κ1) is 18.4. The predicted octanol–water partition coefficient (Wildman–Crippen LogP) is 4.43. The number of rotatable bonds is 4. The minimum absolute atomic E-state index is 0.0293. The summed E-state index contributed by atoms with van der Waals surface area (Å²) >= 11 is 6.05. The summed E-state index contributed by atoms with van der Waals surface area (Å²) in [5, 5.41) is 13.1. The van der Waals surface area contributed by atoms with Crippen molar-refractivity contribution in [2.75, 3.05) is 6.54 Å². The third-order valence-corrected chi connectivity index (χ3v) is 4.95. The molecule has 1 aliphatic rings. The Balaban J connectivity index is 1.78. The maximum Gasteiger partial charge on any atom is 0.150 e. The highest BCUT2D eigenvalue weighted by Crippen LogP contribution is 2.28. The molecule has 0 amide bonds. The zero-order valence-electron chi connectivity index (χ0n) is 15.1. The lowest BCUT2D eigenvalue weighted by Crippen LogP contribution is -2.37. The van der Waals surface area contributed by atoms with Gasteiger partial charge in [-0.2, -0.15) is 0 Å². The van der Waals surface area contributed by atoms with Crippen LogP contribution in [0.2, 0.25) is 5.02 Å². The Morgan fingerprint density at radius 3 is 2.60 bits per heavy atom. The molecular formula is C21H26ClNO2. The van der Waals surface area contributed by atoms with E-state index in [0.29, 0.717) is 25.9 Å². The molecule has 2 atom stereocenters. The maximum absolute atomic E-state index is 12.7. The van der Waals surface area contributed by atoms with Gasteiger partial charge in [-0.05, 0) is 46.4 Å². The van der Waals surface area contributed by atoms with Gasteiger partial charge in [0.1, 0.15) is 0 Å². The molecule has 3 rings (SSSR count). The highest BCUT2D eigenvalue weighted by Gasteiger charge is 2.36. The Hall–Kier alpha value is -1.42. The van der Waals surface area contributed by atoms with Gasteiger partial charge in [0, 0.05) is 24.5 Å². The standard InChI is InChI=1S/C21H26ClNO2/c1-21(2,3)11-20(25)19-10-18(24)13-23(19)12-14-4-5-16-9-17(22)7-6-15(16)8-14/h4-9,18-19,24H,10-13H2,1-3H3. The minimum Gasteiger partial charge on any atom is -0.392 e. The van der Waals surface area contributed by atoms with Gasteiger partial charge < -0.3 is 5.11 Å². The molecule has 1 fully saturated rings. The summed E-state index contributed by atoms with van der Waals surface area (Å²) in [4.78, 5) is 14.8. The van der Waals surface area contributed by atoms with E-state index in [0.717, 1.165) is 21.4 Å². The van der Waals surface area contributed by atoms with Gasteiger partial charge in [0.25, 0.3) is 0 Å². The van der Waals surface area contributed by atoms with Gasteiger partial charge in [-0.1, -0.05) is 50.6 Å². The molecule has 1 N–H and O–H groups in total. The number of carbonyl (C=O) groups excluding carboxylic acids is 1. The Bertz CT molecular complexity index is 781. The van der Waals surface area contributed by atoms with Crippen molar-refractivity contribution in [2.45, 2.75) is 52.3 Å². The minimum atomic E-state index is -0.423. The average Bonchev–Trinajstić information content (AvgIpc) is 2.86. The molecule has 2 aromatic carbocycles. The number of halogens is 1. The number of hydrogen-bond acceptors (Lipinski definition) is 3. The summed E-state index contributed by atoms with van der Waals surface area (Å²) in [5.41, 5.74) is 1.12. The average molecular weight is 360 g/mol. The van der Waals surface area contributed by atoms with Gasteiger partial charge in [0.2, 0.25) is 0 Å². The van der Waals surface area contributed by atoms with Crippen LogP contribution in [-0.4, -0.2) is 34.5 Å². The number of hydrogen-bond donors (Lipinski definition) is 1. The number of fused-ring (bicyclic) bond motifs is 1. The molecule has 4 heteroatoms. The molecule has 0 saturated carbocycles. The lowest BCUT2D eigenvalue weighted by atomic mass is 9.87. The molecule has 1 saturated heterocycles. The van der Waals surface area contributed by atoms with Crippen molar-refractivity contribution in [3.63, 3.8) is 0 Å². The van der Waals surface area contributed by atoms with Gasteiger partial charge in [-0.15, -0.1) is 0 Å². The van der Waals surface area contributed by atoms with Crippen molar-refractivity contribution in [2.24, 2.45) is 5.41 Å². The lowest BCUT2D eigenvalue weighted by molar-refractivity contribution is -0.125. The number of nitrogens with zero attached hydrogens (tertiary/aromatic N) is 1. The van der Waals surface area contributed by atoms with Crippen LogP contribution in [0.4, 0.5) is 0 Å². The van der Waals surface area contributed by atoms with Crippen LogP contribution in [0, 0.1) is 5.41 Å². The van der Waals surface area contributed by atoms with Crippen molar-refractivity contribution in [3.8, 4) is 0 Å². The zero-order chi connectivity index (χ0) is 18.2. The molecule has 0 spiro atoms. The van der Waals surface area contributed by atoms with E-state index in [9.17, 15) is 9.90 Å². The van der Waals surface area contributed by atoms with E-state index in [1.165, 1.54) is 0 Å². The van der Waals surface area contributed by atoms with Crippen LogP contribution >= 0.6 is 11.6 Å². The van der Waals surface area contributed by atoms with Crippen molar-refractivity contribution in [1.29, 1.82) is 0 Å². The largest absolute Gasteiger partial charge is 0.392 e. The van der Waals surface area contributed by atoms with Gasteiger partial charge in [0.05, 0.1) is 12.1 Å². The van der Waals surface area contributed by atoms with E-state index in [-0.39, 0.29) is 17.2 Å².